The maximum Gasteiger partial charge on any atom is 0.344 e. The Bertz CT molecular complexity index is 824. The first-order chi connectivity index (χ1) is 11.1. The first kappa shape index (κ1) is 14.9. The number of carbonyl (C=O) groups is 1. The lowest BCUT2D eigenvalue weighted by Crippen LogP contribution is -2.23. The molecule has 0 aliphatic heterocycles. The molecule has 0 bridgehead atoms. The molecular formula is C17H16N2O4. The van der Waals surface area contributed by atoms with Gasteiger partial charge in [-0.2, -0.15) is 0 Å². The van der Waals surface area contributed by atoms with E-state index in [4.69, 9.17) is 14.6 Å². The molecule has 1 aromatic heterocycles. The number of rotatable bonds is 5. The monoisotopic (exact) mass is 312 g/mol. The van der Waals surface area contributed by atoms with Gasteiger partial charge in [0.05, 0.1) is 23.7 Å². The van der Waals surface area contributed by atoms with E-state index in [0.29, 0.717) is 22.9 Å². The van der Waals surface area contributed by atoms with Crippen LogP contribution in [0.3, 0.4) is 0 Å². The third-order valence-electron chi connectivity index (χ3n) is 3.49. The van der Waals surface area contributed by atoms with E-state index >= 15 is 0 Å². The summed E-state index contributed by atoms with van der Waals surface area (Å²) < 4.78 is 10.9. The van der Waals surface area contributed by atoms with Crippen LogP contribution >= 0.6 is 0 Å². The molecule has 0 aliphatic carbocycles. The van der Waals surface area contributed by atoms with E-state index in [1.54, 1.807) is 12.1 Å². The van der Waals surface area contributed by atoms with Crippen LogP contribution in [-0.4, -0.2) is 34.3 Å². The highest BCUT2D eigenvalue weighted by Crippen LogP contribution is 2.38. The molecule has 3 aromatic rings. The molecule has 1 atom stereocenters. The number of H-pyrrole nitrogens is 1. The molecule has 6 nitrogen and oxygen atoms in total. The molecule has 0 fully saturated rings. The van der Waals surface area contributed by atoms with Crippen LogP contribution in [0.25, 0.3) is 22.4 Å². The van der Waals surface area contributed by atoms with E-state index in [0.717, 1.165) is 11.0 Å². The van der Waals surface area contributed by atoms with Crippen LogP contribution in [0.15, 0.2) is 42.5 Å². The topological polar surface area (TPSA) is 84.4 Å². The van der Waals surface area contributed by atoms with Gasteiger partial charge in [0.2, 0.25) is 0 Å². The van der Waals surface area contributed by atoms with Crippen LogP contribution in [0.4, 0.5) is 0 Å². The maximum atomic E-state index is 11.1. The number of hydrogen-bond donors (Lipinski definition) is 2. The van der Waals surface area contributed by atoms with E-state index in [1.807, 2.05) is 30.3 Å². The summed E-state index contributed by atoms with van der Waals surface area (Å²) in [7, 11) is 1.51. The lowest BCUT2D eigenvalue weighted by Gasteiger charge is -2.16. The highest BCUT2D eigenvalue weighted by molar-refractivity contribution is 5.81. The number of hydrogen-bond acceptors (Lipinski definition) is 4. The Morgan fingerprint density at radius 1 is 1.22 bits per heavy atom. The lowest BCUT2D eigenvalue weighted by molar-refractivity contribution is -0.144. The molecule has 6 heteroatoms. The highest BCUT2D eigenvalue weighted by Gasteiger charge is 2.20. The first-order valence-electron chi connectivity index (χ1n) is 7.11. The van der Waals surface area contributed by atoms with Gasteiger partial charge in [-0.05, 0) is 31.2 Å². The zero-order valence-electron chi connectivity index (χ0n) is 12.7. The van der Waals surface area contributed by atoms with Crippen LogP contribution < -0.4 is 9.47 Å². The fourth-order valence-electron chi connectivity index (χ4n) is 2.29. The number of methoxy groups -OCH3 is 1. The summed E-state index contributed by atoms with van der Waals surface area (Å²) in [4.78, 5) is 18.8. The minimum atomic E-state index is -1.05. The van der Waals surface area contributed by atoms with Gasteiger partial charge in [-0.15, -0.1) is 0 Å². The summed E-state index contributed by atoms with van der Waals surface area (Å²) >= 11 is 0. The van der Waals surface area contributed by atoms with Crippen molar-refractivity contribution in [1.29, 1.82) is 0 Å². The SMILES string of the molecule is COc1cccc(-c2nc3ccccc3[nH]2)c1OC(C)C(=O)O. The van der Waals surface area contributed by atoms with E-state index in [-0.39, 0.29) is 0 Å². The molecule has 118 valence electrons. The van der Waals surface area contributed by atoms with Crippen LogP contribution in [0, 0.1) is 0 Å². The van der Waals surface area contributed by atoms with Crippen molar-refractivity contribution in [2.45, 2.75) is 13.0 Å². The van der Waals surface area contributed by atoms with E-state index in [1.165, 1.54) is 14.0 Å². The fourth-order valence-corrected chi connectivity index (χ4v) is 2.29. The molecule has 23 heavy (non-hydrogen) atoms. The third-order valence-corrected chi connectivity index (χ3v) is 3.49. The molecular weight excluding hydrogens is 296 g/mol. The number of aromatic amines is 1. The van der Waals surface area contributed by atoms with Gasteiger partial charge < -0.3 is 19.6 Å². The zero-order valence-corrected chi connectivity index (χ0v) is 12.7. The summed E-state index contributed by atoms with van der Waals surface area (Å²) in [5.41, 5.74) is 2.36. The molecule has 0 saturated heterocycles. The molecule has 0 spiro atoms. The van der Waals surface area contributed by atoms with Gasteiger partial charge >= 0.3 is 5.97 Å². The average Bonchev–Trinajstić information content (AvgIpc) is 2.98. The van der Waals surface area contributed by atoms with Crippen molar-refractivity contribution in [2.24, 2.45) is 0 Å². The van der Waals surface area contributed by atoms with Crippen molar-refractivity contribution >= 4 is 17.0 Å². The van der Waals surface area contributed by atoms with Crippen molar-refractivity contribution in [2.75, 3.05) is 7.11 Å². The molecule has 2 N–H and O–H groups in total. The van der Waals surface area contributed by atoms with Gasteiger partial charge in [0, 0.05) is 0 Å². The van der Waals surface area contributed by atoms with Gasteiger partial charge in [-0.25, -0.2) is 9.78 Å². The molecule has 0 saturated carbocycles. The second kappa shape index (κ2) is 6.00. The van der Waals surface area contributed by atoms with Crippen LogP contribution in [0.5, 0.6) is 11.5 Å². The number of nitrogens with zero attached hydrogens (tertiary/aromatic N) is 1. The summed E-state index contributed by atoms with van der Waals surface area (Å²) in [5.74, 6) is 0.351. The van der Waals surface area contributed by atoms with Gasteiger partial charge in [-0.3, -0.25) is 0 Å². The Morgan fingerprint density at radius 2 is 2.00 bits per heavy atom. The molecule has 1 heterocycles. The number of aromatic nitrogens is 2. The number of carboxylic acids is 1. The minimum Gasteiger partial charge on any atom is -0.493 e. The molecule has 0 aliphatic rings. The average molecular weight is 312 g/mol. The smallest absolute Gasteiger partial charge is 0.344 e. The number of benzene rings is 2. The molecule has 2 aromatic carbocycles. The van der Waals surface area contributed by atoms with E-state index in [2.05, 4.69) is 9.97 Å². The molecule has 1 unspecified atom stereocenters. The number of ether oxygens (including phenoxy) is 2. The van der Waals surface area contributed by atoms with Crippen molar-refractivity contribution in [3.63, 3.8) is 0 Å². The second-order valence-electron chi connectivity index (χ2n) is 5.04. The standard InChI is InChI=1S/C17H16N2O4/c1-10(17(20)21)23-15-11(6-5-9-14(15)22-2)16-18-12-7-3-4-8-13(12)19-16/h3-10H,1-2H3,(H,18,19)(H,20,21). The summed E-state index contributed by atoms with van der Waals surface area (Å²) in [6.45, 7) is 1.47. The number of fused-ring (bicyclic) bond motifs is 1. The fraction of sp³-hybridized carbons (Fsp3) is 0.176. The zero-order chi connectivity index (χ0) is 16.4. The summed E-state index contributed by atoms with van der Waals surface area (Å²) in [5, 5.41) is 9.09. The van der Waals surface area contributed by atoms with Crippen LogP contribution in [0.1, 0.15) is 6.92 Å². The number of carboxylic acid groups (broad SMARTS) is 1. The quantitative estimate of drug-likeness (QED) is 0.756. The van der Waals surface area contributed by atoms with Gasteiger partial charge in [-0.1, -0.05) is 18.2 Å². The maximum absolute atomic E-state index is 11.1. The van der Waals surface area contributed by atoms with Crippen molar-refractivity contribution in [1.82, 2.24) is 9.97 Å². The predicted octanol–water partition coefficient (Wildman–Crippen LogP) is 3.09. The van der Waals surface area contributed by atoms with Gasteiger partial charge in [0.25, 0.3) is 0 Å². The minimum absolute atomic E-state index is 0.351. The third kappa shape index (κ3) is 2.83. The first-order valence-corrected chi connectivity index (χ1v) is 7.11. The highest BCUT2D eigenvalue weighted by atomic mass is 16.5. The molecule has 3 rings (SSSR count). The molecule has 0 radical (unpaired) electrons. The van der Waals surface area contributed by atoms with E-state index in [9.17, 15) is 4.79 Å². The number of imidazole rings is 1. The van der Waals surface area contributed by atoms with E-state index < -0.39 is 12.1 Å². The van der Waals surface area contributed by atoms with Crippen molar-refractivity contribution in [3.8, 4) is 22.9 Å². The Balaban J connectivity index is 2.12. The number of para-hydroxylation sites is 3. The summed E-state index contributed by atoms with van der Waals surface area (Å²) in [6, 6.07) is 13.0. The Kier molecular flexibility index (Phi) is 3.89. The lowest BCUT2D eigenvalue weighted by atomic mass is 10.1. The number of aliphatic carboxylic acids is 1. The predicted molar refractivity (Wildman–Crippen MR) is 85.8 cm³/mol. The normalized spacial score (nSPS) is 12.1. The Labute approximate surface area is 132 Å². The Morgan fingerprint density at radius 3 is 2.70 bits per heavy atom. The van der Waals surface area contributed by atoms with Crippen LogP contribution in [-0.2, 0) is 4.79 Å². The largest absolute Gasteiger partial charge is 0.493 e. The van der Waals surface area contributed by atoms with Crippen molar-refractivity contribution < 1.29 is 19.4 Å². The van der Waals surface area contributed by atoms with Gasteiger partial charge in [0.15, 0.2) is 17.6 Å². The summed E-state index contributed by atoms with van der Waals surface area (Å²) in [6.07, 6.45) is -1.01. The molecule has 0 amide bonds. The van der Waals surface area contributed by atoms with Gasteiger partial charge in [0.1, 0.15) is 5.82 Å². The van der Waals surface area contributed by atoms with Crippen LogP contribution in [0.2, 0.25) is 0 Å². The number of nitrogens with one attached hydrogen (secondary N) is 1. The Hall–Kier alpha value is -3.02. The second-order valence-corrected chi connectivity index (χ2v) is 5.04. The van der Waals surface area contributed by atoms with Crippen molar-refractivity contribution in [3.05, 3.63) is 42.5 Å².